The number of aliphatic hydroxyl groups excluding tert-OH is 2. The molecule has 3 amide bonds. The molecule has 9 heteroatoms. The summed E-state index contributed by atoms with van der Waals surface area (Å²) < 4.78 is 0. The van der Waals surface area contributed by atoms with Gasteiger partial charge in [0, 0.05) is 45.9 Å². The molecular weight excluding hydrogens is 616 g/mol. The average molecular weight is 671 g/mol. The van der Waals surface area contributed by atoms with Crippen LogP contribution in [0.15, 0.2) is 60.7 Å². The van der Waals surface area contributed by atoms with Gasteiger partial charge in [0.25, 0.3) is 0 Å². The summed E-state index contributed by atoms with van der Waals surface area (Å²) in [7, 11) is 3.74. The molecule has 264 valence electrons. The van der Waals surface area contributed by atoms with Crippen molar-refractivity contribution in [3.05, 3.63) is 71.8 Å². The fourth-order valence-corrected chi connectivity index (χ4v) is 6.42. The summed E-state index contributed by atoms with van der Waals surface area (Å²) in [6.45, 7) is 1.89. The molecule has 1 saturated carbocycles. The molecule has 0 radical (unpaired) electrons. The van der Waals surface area contributed by atoms with Crippen LogP contribution in [0.3, 0.4) is 0 Å². The zero-order valence-electron chi connectivity index (χ0n) is 29.1. The highest BCUT2D eigenvalue weighted by Gasteiger charge is 2.34. The van der Waals surface area contributed by atoms with Crippen LogP contribution in [-0.4, -0.2) is 89.2 Å². The SMILES string of the molecule is C#CC[C@H](NC(=O)C(CC(=O)N(C)CCN(C)Cc1ccccc1)Cc1ccccc1)C(=O)NC(CC1CCCCC1)[C@@H](O)[C@@H](O)CC#C. The van der Waals surface area contributed by atoms with E-state index in [1.165, 1.54) is 5.56 Å². The van der Waals surface area contributed by atoms with Gasteiger partial charge < -0.3 is 30.6 Å². The van der Waals surface area contributed by atoms with Crippen LogP contribution >= 0.6 is 0 Å². The topological polar surface area (TPSA) is 122 Å². The minimum absolute atomic E-state index is 0.0503. The second-order valence-corrected chi connectivity index (χ2v) is 13.4. The largest absolute Gasteiger partial charge is 0.389 e. The molecule has 2 aromatic carbocycles. The number of carbonyl (C=O) groups is 3. The highest BCUT2D eigenvalue weighted by atomic mass is 16.3. The van der Waals surface area contributed by atoms with Gasteiger partial charge in [-0.05, 0) is 36.9 Å². The zero-order valence-corrected chi connectivity index (χ0v) is 29.1. The summed E-state index contributed by atoms with van der Waals surface area (Å²) in [5, 5.41) is 27.2. The first kappa shape index (κ1) is 39.3. The smallest absolute Gasteiger partial charge is 0.243 e. The molecule has 0 saturated heterocycles. The molecule has 3 rings (SSSR count). The van der Waals surface area contributed by atoms with E-state index in [0.717, 1.165) is 44.2 Å². The number of carbonyl (C=O) groups excluding carboxylic acids is 3. The Kier molecular flexibility index (Phi) is 16.9. The van der Waals surface area contributed by atoms with Crippen LogP contribution in [0.2, 0.25) is 0 Å². The number of benzene rings is 2. The van der Waals surface area contributed by atoms with Gasteiger partial charge in [-0.1, -0.05) is 92.8 Å². The molecule has 5 atom stereocenters. The van der Waals surface area contributed by atoms with E-state index in [4.69, 9.17) is 12.8 Å². The summed E-state index contributed by atoms with van der Waals surface area (Å²) in [6, 6.07) is 17.7. The molecule has 2 unspecified atom stereocenters. The third-order valence-electron chi connectivity index (χ3n) is 9.38. The van der Waals surface area contributed by atoms with Gasteiger partial charge in [0.05, 0.1) is 18.1 Å². The number of rotatable bonds is 19. The predicted molar refractivity (Wildman–Crippen MR) is 193 cm³/mol. The average Bonchev–Trinajstić information content (AvgIpc) is 3.10. The Bertz CT molecular complexity index is 1380. The number of terminal acetylenes is 2. The molecule has 0 bridgehead atoms. The molecule has 1 aliphatic carbocycles. The second-order valence-electron chi connectivity index (χ2n) is 13.4. The summed E-state index contributed by atoms with van der Waals surface area (Å²) >= 11 is 0. The van der Waals surface area contributed by atoms with Gasteiger partial charge in [-0.25, -0.2) is 0 Å². The van der Waals surface area contributed by atoms with Gasteiger partial charge in [-0.2, -0.15) is 0 Å². The second kappa shape index (κ2) is 21.0. The maximum atomic E-state index is 13.8. The van der Waals surface area contributed by atoms with E-state index in [1.807, 2.05) is 55.6 Å². The van der Waals surface area contributed by atoms with E-state index in [-0.39, 0.29) is 31.1 Å². The lowest BCUT2D eigenvalue weighted by Crippen LogP contribution is -2.55. The first-order valence-electron chi connectivity index (χ1n) is 17.4. The Morgan fingerprint density at radius 1 is 0.837 bits per heavy atom. The molecular formula is C40H54N4O5. The number of hydrogen-bond donors (Lipinski definition) is 4. The summed E-state index contributed by atoms with van der Waals surface area (Å²) in [4.78, 5) is 44.7. The highest BCUT2D eigenvalue weighted by molar-refractivity contribution is 5.91. The molecule has 9 nitrogen and oxygen atoms in total. The maximum Gasteiger partial charge on any atom is 0.243 e. The lowest BCUT2D eigenvalue weighted by Gasteiger charge is -2.33. The Hall–Kier alpha value is -4.15. The van der Waals surface area contributed by atoms with Crippen molar-refractivity contribution in [2.45, 2.75) is 95.0 Å². The predicted octanol–water partition coefficient (Wildman–Crippen LogP) is 3.53. The molecule has 49 heavy (non-hydrogen) atoms. The molecule has 0 aliphatic heterocycles. The van der Waals surface area contributed by atoms with Gasteiger partial charge >= 0.3 is 0 Å². The summed E-state index contributed by atoms with van der Waals surface area (Å²) in [5.41, 5.74) is 2.07. The fourth-order valence-electron chi connectivity index (χ4n) is 6.42. The van der Waals surface area contributed by atoms with E-state index in [1.54, 1.807) is 11.9 Å². The van der Waals surface area contributed by atoms with Crippen LogP contribution < -0.4 is 10.6 Å². The van der Waals surface area contributed by atoms with Crippen LogP contribution in [0.4, 0.5) is 0 Å². The van der Waals surface area contributed by atoms with Gasteiger partial charge in [-0.3, -0.25) is 14.4 Å². The molecule has 0 heterocycles. The van der Waals surface area contributed by atoms with Crippen molar-refractivity contribution in [1.29, 1.82) is 0 Å². The Labute approximate surface area is 292 Å². The molecule has 1 fully saturated rings. The van der Waals surface area contributed by atoms with Crippen molar-refractivity contribution >= 4 is 17.7 Å². The van der Waals surface area contributed by atoms with Gasteiger partial charge in [0.1, 0.15) is 12.1 Å². The lowest BCUT2D eigenvalue weighted by molar-refractivity contribution is -0.137. The first-order valence-corrected chi connectivity index (χ1v) is 17.4. The Morgan fingerprint density at radius 2 is 1.45 bits per heavy atom. The van der Waals surface area contributed by atoms with Crippen molar-refractivity contribution in [2.24, 2.45) is 11.8 Å². The van der Waals surface area contributed by atoms with E-state index in [2.05, 4.69) is 39.5 Å². The standard InChI is InChI=1S/C40H54N4O5/c1-5-16-34(40(49)42-35(38(47)36(45)17-6-2)27-31-20-12-8-13-21-31)41-39(48)33(26-30-18-10-7-11-19-30)28-37(46)44(4)25-24-43(3)29-32-22-14-9-15-23-32/h1-2,7,9-11,14-15,18-19,22-23,31,33-36,38,45,47H,8,12-13,16-17,20-21,24-29H2,3-4H3,(H,41,48)(H,42,49)/t33?,34-,35?,36-,38+/m0/s1. The van der Waals surface area contributed by atoms with Crippen molar-refractivity contribution in [2.75, 3.05) is 27.2 Å². The molecule has 4 N–H and O–H groups in total. The first-order chi connectivity index (χ1) is 23.6. The van der Waals surface area contributed by atoms with Crippen LogP contribution in [-0.2, 0) is 27.3 Å². The number of nitrogens with one attached hydrogen (secondary N) is 2. The molecule has 2 aromatic rings. The van der Waals surface area contributed by atoms with E-state index in [0.29, 0.717) is 25.9 Å². The number of likely N-dealkylation sites (N-methyl/N-ethyl adjacent to an activating group) is 2. The number of aliphatic hydroxyl groups is 2. The molecule has 0 aromatic heterocycles. The third-order valence-corrected chi connectivity index (χ3v) is 9.38. The minimum Gasteiger partial charge on any atom is -0.389 e. The summed E-state index contributed by atoms with van der Waals surface area (Å²) in [5.74, 6) is 3.18. The van der Waals surface area contributed by atoms with Crippen molar-refractivity contribution < 1.29 is 24.6 Å². The van der Waals surface area contributed by atoms with Crippen molar-refractivity contribution in [3.8, 4) is 24.7 Å². The maximum absolute atomic E-state index is 13.8. The molecule has 0 spiro atoms. The summed E-state index contributed by atoms with van der Waals surface area (Å²) in [6.07, 6.45) is 14.4. The van der Waals surface area contributed by atoms with Crippen molar-refractivity contribution in [1.82, 2.24) is 20.4 Å². The highest BCUT2D eigenvalue weighted by Crippen LogP contribution is 2.28. The number of amides is 3. The number of nitrogens with zero attached hydrogens (tertiary/aromatic N) is 2. The Morgan fingerprint density at radius 3 is 2.06 bits per heavy atom. The Balaban J connectivity index is 1.70. The van der Waals surface area contributed by atoms with Gasteiger partial charge in [0.15, 0.2) is 0 Å². The normalized spacial score (nSPS) is 16.3. The van der Waals surface area contributed by atoms with Crippen LogP contribution in [0, 0.1) is 36.5 Å². The van der Waals surface area contributed by atoms with Gasteiger partial charge in [-0.15, -0.1) is 24.7 Å². The fraction of sp³-hybridized carbons (Fsp3) is 0.525. The van der Waals surface area contributed by atoms with E-state index < -0.39 is 42.0 Å². The lowest BCUT2D eigenvalue weighted by atomic mass is 9.82. The quantitative estimate of drug-likeness (QED) is 0.170. The van der Waals surface area contributed by atoms with Gasteiger partial charge in [0.2, 0.25) is 17.7 Å². The van der Waals surface area contributed by atoms with Crippen LogP contribution in [0.5, 0.6) is 0 Å². The van der Waals surface area contributed by atoms with Crippen LogP contribution in [0.25, 0.3) is 0 Å². The van der Waals surface area contributed by atoms with E-state index >= 15 is 0 Å². The monoisotopic (exact) mass is 670 g/mol. The van der Waals surface area contributed by atoms with Crippen LogP contribution in [0.1, 0.15) is 68.9 Å². The minimum atomic E-state index is -1.28. The number of hydrogen-bond acceptors (Lipinski definition) is 6. The van der Waals surface area contributed by atoms with E-state index in [9.17, 15) is 24.6 Å². The zero-order chi connectivity index (χ0) is 35.6. The third kappa shape index (κ3) is 13.7. The van der Waals surface area contributed by atoms with Crippen molar-refractivity contribution in [3.63, 3.8) is 0 Å². The molecule has 1 aliphatic rings.